The average Bonchev–Trinajstić information content (AvgIpc) is 3.12. The summed E-state index contributed by atoms with van der Waals surface area (Å²) in [6.45, 7) is 6.66. The fourth-order valence-corrected chi connectivity index (χ4v) is 5.53. The first-order chi connectivity index (χ1) is 16.0. The molecule has 0 spiro atoms. The van der Waals surface area contributed by atoms with Crippen LogP contribution in [0.15, 0.2) is 42.5 Å². The van der Waals surface area contributed by atoms with Gasteiger partial charge in [0.05, 0.1) is 11.3 Å². The highest BCUT2D eigenvalue weighted by molar-refractivity contribution is 6.30. The van der Waals surface area contributed by atoms with Gasteiger partial charge in [-0.15, -0.1) is 0 Å². The fraction of sp³-hybridized carbons (Fsp3) is 0.333. The number of amides is 1. The molecule has 0 saturated carbocycles. The average molecular weight is 462 g/mol. The van der Waals surface area contributed by atoms with Crippen LogP contribution in [0.4, 0.5) is 0 Å². The van der Waals surface area contributed by atoms with Gasteiger partial charge in [-0.2, -0.15) is 0 Å². The van der Waals surface area contributed by atoms with Crippen LogP contribution in [0.25, 0.3) is 16.9 Å². The third-order valence-electron chi connectivity index (χ3n) is 6.91. The van der Waals surface area contributed by atoms with E-state index >= 15 is 0 Å². The molecule has 2 aromatic carbocycles. The summed E-state index contributed by atoms with van der Waals surface area (Å²) in [5.74, 6) is 0.0896. The normalized spacial score (nSPS) is 16.7. The SMILES string of the molecule is Cc1cc(Cl)ccc1-n1c2c(c(C)c1-c1ccc(C=O)cc1)C(=O)N(N1CCCCC1)CC2. The van der Waals surface area contributed by atoms with Crippen molar-refractivity contribution in [1.29, 1.82) is 0 Å². The molecule has 5 nitrogen and oxygen atoms in total. The number of fused-ring (bicyclic) bond motifs is 1. The maximum Gasteiger partial charge on any atom is 0.270 e. The molecule has 1 fully saturated rings. The largest absolute Gasteiger partial charge is 0.312 e. The molecule has 5 rings (SSSR count). The predicted molar refractivity (Wildman–Crippen MR) is 131 cm³/mol. The van der Waals surface area contributed by atoms with Gasteiger partial charge in [-0.3, -0.25) is 14.6 Å². The van der Waals surface area contributed by atoms with Crippen LogP contribution >= 0.6 is 11.6 Å². The Bertz CT molecular complexity index is 1220. The second kappa shape index (κ2) is 8.81. The third kappa shape index (κ3) is 3.79. The van der Waals surface area contributed by atoms with Gasteiger partial charge in [-0.05, 0) is 61.6 Å². The zero-order valence-corrected chi connectivity index (χ0v) is 19.9. The summed E-state index contributed by atoms with van der Waals surface area (Å²) in [7, 11) is 0. The first-order valence-electron chi connectivity index (χ1n) is 11.6. The van der Waals surface area contributed by atoms with Crippen LogP contribution in [-0.2, 0) is 6.42 Å². The van der Waals surface area contributed by atoms with E-state index < -0.39 is 0 Å². The van der Waals surface area contributed by atoms with Gasteiger partial charge in [0.15, 0.2) is 0 Å². The van der Waals surface area contributed by atoms with Crippen molar-refractivity contribution in [3.05, 3.63) is 75.4 Å². The first kappa shape index (κ1) is 21.9. The minimum absolute atomic E-state index is 0.0896. The summed E-state index contributed by atoms with van der Waals surface area (Å²) < 4.78 is 2.23. The van der Waals surface area contributed by atoms with Gasteiger partial charge in [0, 0.05) is 48.0 Å². The molecule has 1 amide bonds. The topological polar surface area (TPSA) is 45.6 Å². The highest BCUT2D eigenvalue weighted by atomic mass is 35.5. The van der Waals surface area contributed by atoms with E-state index in [0.717, 1.165) is 78.0 Å². The van der Waals surface area contributed by atoms with Crippen molar-refractivity contribution in [2.75, 3.05) is 19.6 Å². The van der Waals surface area contributed by atoms with Crippen molar-refractivity contribution in [2.24, 2.45) is 0 Å². The Labute approximate surface area is 199 Å². The molecule has 1 aromatic heterocycles. The number of hydrogen-bond acceptors (Lipinski definition) is 3. The molecule has 1 saturated heterocycles. The Kier molecular flexibility index (Phi) is 5.85. The summed E-state index contributed by atoms with van der Waals surface area (Å²) >= 11 is 6.26. The van der Waals surface area contributed by atoms with E-state index in [1.165, 1.54) is 6.42 Å². The predicted octanol–water partition coefficient (Wildman–Crippen LogP) is 5.63. The van der Waals surface area contributed by atoms with Crippen molar-refractivity contribution < 1.29 is 9.59 Å². The Morgan fingerprint density at radius 2 is 1.67 bits per heavy atom. The van der Waals surface area contributed by atoms with Crippen LogP contribution in [0.2, 0.25) is 5.02 Å². The van der Waals surface area contributed by atoms with Gasteiger partial charge in [0.1, 0.15) is 6.29 Å². The van der Waals surface area contributed by atoms with Gasteiger partial charge in [0.2, 0.25) is 0 Å². The van der Waals surface area contributed by atoms with Crippen LogP contribution in [0, 0.1) is 13.8 Å². The molecule has 0 bridgehead atoms. The van der Waals surface area contributed by atoms with Crippen LogP contribution in [0.3, 0.4) is 0 Å². The third-order valence-corrected chi connectivity index (χ3v) is 7.15. The van der Waals surface area contributed by atoms with E-state index in [2.05, 4.69) is 9.58 Å². The molecular formula is C27H28ClN3O2. The van der Waals surface area contributed by atoms with Gasteiger partial charge >= 0.3 is 0 Å². The van der Waals surface area contributed by atoms with E-state index in [1.807, 2.05) is 61.3 Å². The smallest absolute Gasteiger partial charge is 0.270 e. The Hall–Kier alpha value is -2.89. The summed E-state index contributed by atoms with van der Waals surface area (Å²) in [5, 5.41) is 4.89. The molecule has 2 aliphatic rings. The Morgan fingerprint density at radius 1 is 0.939 bits per heavy atom. The van der Waals surface area contributed by atoms with E-state index in [0.29, 0.717) is 17.1 Å². The highest BCUT2D eigenvalue weighted by Gasteiger charge is 2.36. The molecule has 2 aliphatic heterocycles. The molecule has 0 N–H and O–H groups in total. The molecule has 33 heavy (non-hydrogen) atoms. The number of aldehydes is 1. The molecule has 3 heterocycles. The summed E-state index contributed by atoms with van der Waals surface area (Å²) in [4.78, 5) is 25.0. The Balaban J connectivity index is 1.70. The molecule has 170 valence electrons. The number of carbonyl (C=O) groups excluding carboxylic acids is 2. The van der Waals surface area contributed by atoms with E-state index in [4.69, 9.17) is 11.6 Å². The second-order valence-corrected chi connectivity index (χ2v) is 9.43. The monoisotopic (exact) mass is 461 g/mol. The van der Waals surface area contributed by atoms with Gasteiger partial charge in [-0.1, -0.05) is 42.3 Å². The first-order valence-corrected chi connectivity index (χ1v) is 12.0. The molecule has 3 aromatic rings. The number of benzene rings is 2. The molecule has 0 atom stereocenters. The van der Waals surface area contributed by atoms with Gasteiger partial charge < -0.3 is 4.57 Å². The number of rotatable bonds is 4. The lowest BCUT2D eigenvalue weighted by atomic mass is 10.0. The van der Waals surface area contributed by atoms with Crippen molar-refractivity contribution in [3.63, 3.8) is 0 Å². The standard InChI is InChI=1S/C27H28ClN3O2/c1-18-16-22(28)10-11-23(18)31-24-12-15-30(29-13-4-3-5-14-29)27(33)25(24)19(2)26(31)21-8-6-20(17-32)7-9-21/h6-11,16-17H,3-5,12-15H2,1-2H3. The number of aromatic nitrogens is 1. The molecular weight excluding hydrogens is 434 g/mol. The van der Waals surface area contributed by atoms with Crippen LogP contribution in [0.1, 0.15) is 56.8 Å². The number of hydrazine groups is 1. The quantitative estimate of drug-likeness (QED) is 0.473. The maximum atomic E-state index is 13.8. The number of piperidine rings is 1. The summed E-state index contributed by atoms with van der Waals surface area (Å²) in [6, 6.07) is 13.5. The number of carbonyl (C=O) groups is 2. The fourth-order valence-electron chi connectivity index (χ4n) is 5.30. The number of aryl methyl sites for hydroxylation is 1. The highest BCUT2D eigenvalue weighted by Crippen LogP contribution is 2.38. The van der Waals surface area contributed by atoms with E-state index in [-0.39, 0.29) is 5.91 Å². The van der Waals surface area contributed by atoms with Crippen LogP contribution < -0.4 is 0 Å². The minimum Gasteiger partial charge on any atom is -0.312 e. The molecule has 6 heteroatoms. The lowest BCUT2D eigenvalue weighted by Gasteiger charge is -2.39. The van der Waals surface area contributed by atoms with Crippen molar-refractivity contribution in [1.82, 2.24) is 14.6 Å². The number of hydrogen-bond donors (Lipinski definition) is 0. The Morgan fingerprint density at radius 3 is 2.33 bits per heavy atom. The summed E-state index contributed by atoms with van der Waals surface area (Å²) in [6.07, 6.45) is 5.14. The van der Waals surface area contributed by atoms with Gasteiger partial charge in [-0.25, -0.2) is 5.01 Å². The zero-order valence-electron chi connectivity index (χ0n) is 19.1. The van der Waals surface area contributed by atoms with E-state index in [1.54, 1.807) is 0 Å². The zero-order chi connectivity index (χ0) is 23.1. The molecule has 0 radical (unpaired) electrons. The minimum atomic E-state index is 0.0896. The second-order valence-electron chi connectivity index (χ2n) is 8.99. The summed E-state index contributed by atoms with van der Waals surface area (Å²) in [5.41, 5.74) is 7.52. The van der Waals surface area contributed by atoms with Crippen molar-refractivity contribution in [2.45, 2.75) is 39.5 Å². The molecule has 0 aliphatic carbocycles. The lowest BCUT2D eigenvalue weighted by Crippen LogP contribution is -2.51. The van der Waals surface area contributed by atoms with Crippen molar-refractivity contribution in [3.8, 4) is 16.9 Å². The van der Waals surface area contributed by atoms with Crippen LogP contribution in [0.5, 0.6) is 0 Å². The lowest BCUT2D eigenvalue weighted by molar-refractivity contribution is -0.0237. The van der Waals surface area contributed by atoms with Gasteiger partial charge in [0.25, 0.3) is 5.91 Å². The van der Waals surface area contributed by atoms with E-state index in [9.17, 15) is 9.59 Å². The van der Waals surface area contributed by atoms with Crippen molar-refractivity contribution >= 4 is 23.8 Å². The number of halogens is 1. The maximum absolute atomic E-state index is 13.8. The van der Waals surface area contributed by atoms with Crippen LogP contribution in [-0.4, -0.2) is 46.4 Å². The molecule has 0 unspecified atom stereocenters. The number of nitrogens with zero attached hydrogens (tertiary/aromatic N) is 3.